The second-order valence-electron chi connectivity index (χ2n) is 5.06. The number of hydrogen-bond donors (Lipinski definition) is 0. The highest BCUT2D eigenvalue weighted by Crippen LogP contribution is 2.25. The molecular formula is C18H21NO5S. The maximum absolute atomic E-state index is 13.0. The Morgan fingerprint density at radius 1 is 0.960 bits per heavy atom. The lowest BCUT2D eigenvalue weighted by Gasteiger charge is -2.23. The first-order chi connectivity index (χ1) is 12.0. The van der Waals surface area contributed by atoms with Crippen molar-refractivity contribution in [3.05, 3.63) is 54.6 Å². The first-order valence-electron chi connectivity index (χ1n) is 7.95. The van der Waals surface area contributed by atoms with Crippen LogP contribution >= 0.6 is 0 Å². The maximum Gasteiger partial charge on any atom is 0.326 e. The lowest BCUT2D eigenvalue weighted by Crippen LogP contribution is -2.36. The average Bonchev–Trinajstić information content (AvgIpc) is 2.62. The minimum atomic E-state index is -3.90. The third kappa shape index (κ3) is 4.73. The SMILES string of the molecule is CCOC(=O)CN(c1ccc(OCC)cc1)S(=O)(=O)c1ccccc1. The lowest BCUT2D eigenvalue weighted by atomic mass is 10.3. The van der Waals surface area contributed by atoms with Crippen molar-refractivity contribution in [3.63, 3.8) is 0 Å². The van der Waals surface area contributed by atoms with Crippen molar-refractivity contribution < 1.29 is 22.7 Å². The molecule has 0 unspecified atom stereocenters. The number of carbonyl (C=O) groups excluding carboxylic acids is 1. The summed E-state index contributed by atoms with van der Waals surface area (Å²) < 4.78 is 37.3. The smallest absolute Gasteiger partial charge is 0.326 e. The molecule has 25 heavy (non-hydrogen) atoms. The molecule has 0 amide bonds. The Balaban J connectivity index is 2.40. The molecule has 2 rings (SSSR count). The van der Waals surface area contributed by atoms with Crippen molar-refractivity contribution >= 4 is 21.7 Å². The van der Waals surface area contributed by atoms with E-state index in [1.54, 1.807) is 49.4 Å². The molecule has 6 nitrogen and oxygen atoms in total. The van der Waals surface area contributed by atoms with Crippen LogP contribution in [0, 0.1) is 0 Å². The number of carbonyl (C=O) groups is 1. The fourth-order valence-electron chi connectivity index (χ4n) is 2.23. The van der Waals surface area contributed by atoms with E-state index in [0.29, 0.717) is 18.0 Å². The van der Waals surface area contributed by atoms with Crippen molar-refractivity contribution in [1.29, 1.82) is 0 Å². The predicted molar refractivity (Wildman–Crippen MR) is 95.2 cm³/mol. The summed E-state index contributed by atoms with van der Waals surface area (Å²) in [6, 6.07) is 14.5. The van der Waals surface area contributed by atoms with Crippen LogP contribution < -0.4 is 9.04 Å². The number of nitrogens with zero attached hydrogens (tertiary/aromatic N) is 1. The van der Waals surface area contributed by atoms with Gasteiger partial charge >= 0.3 is 5.97 Å². The number of hydrogen-bond acceptors (Lipinski definition) is 5. The Morgan fingerprint density at radius 2 is 1.60 bits per heavy atom. The Bertz CT molecular complexity index is 788. The molecule has 0 aliphatic heterocycles. The van der Waals surface area contributed by atoms with E-state index in [1.807, 2.05) is 6.92 Å². The standard InChI is InChI=1S/C18H21NO5S/c1-3-23-16-12-10-15(11-13-16)19(14-18(20)24-4-2)25(21,22)17-8-6-5-7-9-17/h5-13H,3-4,14H2,1-2H3. The Labute approximate surface area is 148 Å². The topological polar surface area (TPSA) is 72.9 Å². The van der Waals surface area contributed by atoms with Gasteiger partial charge in [0, 0.05) is 0 Å². The van der Waals surface area contributed by atoms with Crippen LogP contribution in [0.3, 0.4) is 0 Å². The van der Waals surface area contributed by atoms with E-state index in [0.717, 1.165) is 4.31 Å². The summed E-state index contributed by atoms with van der Waals surface area (Å²) in [5.74, 6) is 0.00957. The third-order valence-corrected chi connectivity index (χ3v) is 5.13. The van der Waals surface area contributed by atoms with Crippen molar-refractivity contribution in [2.45, 2.75) is 18.7 Å². The summed E-state index contributed by atoms with van der Waals surface area (Å²) in [5, 5.41) is 0. The molecule has 0 aromatic heterocycles. The Morgan fingerprint density at radius 3 is 2.16 bits per heavy atom. The third-order valence-electron chi connectivity index (χ3n) is 3.34. The molecule has 0 N–H and O–H groups in total. The maximum atomic E-state index is 13.0. The highest BCUT2D eigenvalue weighted by Gasteiger charge is 2.27. The highest BCUT2D eigenvalue weighted by molar-refractivity contribution is 7.92. The highest BCUT2D eigenvalue weighted by atomic mass is 32.2. The zero-order valence-corrected chi connectivity index (χ0v) is 15.0. The van der Waals surface area contributed by atoms with E-state index in [-0.39, 0.29) is 11.5 Å². The molecule has 0 spiro atoms. The zero-order chi connectivity index (χ0) is 18.3. The van der Waals surface area contributed by atoms with Crippen molar-refractivity contribution in [2.24, 2.45) is 0 Å². The van der Waals surface area contributed by atoms with E-state index < -0.39 is 22.5 Å². The van der Waals surface area contributed by atoms with Crippen LogP contribution in [0.1, 0.15) is 13.8 Å². The first-order valence-corrected chi connectivity index (χ1v) is 9.39. The number of esters is 1. The van der Waals surface area contributed by atoms with E-state index in [2.05, 4.69) is 0 Å². The van der Waals surface area contributed by atoms with Gasteiger partial charge < -0.3 is 9.47 Å². The monoisotopic (exact) mass is 363 g/mol. The normalized spacial score (nSPS) is 11.0. The lowest BCUT2D eigenvalue weighted by molar-refractivity contribution is -0.141. The van der Waals surface area contributed by atoms with Gasteiger partial charge in [-0.15, -0.1) is 0 Å². The second-order valence-corrected chi connectivity index (χ2v) is 6.92. The molecule has 0 heterocycles. The van der Waals surface area contributed by atoms with E-state index in [9.17, 15) is 13.2 Å². The first kappa shape index (κ1) is 18.8. The molecule has 0 fully saturated rings. The molecular weight excluding hydrogens is 342 g/mol. The van der Waals surface area contributed by atoms with Crippen LogP contribution in [0.5, 0.6) is 5.75 Å². The Hall–Kier alpha value is -2.54. The van der Waals surface area contributed by atoms with Crippen LogP contribution in [0.4, 0.5) is 5.69 Å². The molecule has 0 aliphatic rings. The molecule has 0 atom stereocenters. The number of benzene rings is 2. The quantitative estimate of drug-likeness (QED) is 0.674. The minimum Gasteiger partial charge on any atom is -0.494 e. The van der Waals surface area contributed by atoms with Crippen LogP contribution in [-0.4, -0.2) is 34.1 Å². The Kier molecular flexibility index (Phi) is 6.41. The number of sulfonamides is 1. The van der Waals surface area contributed by atoms with Gasteiger partial charge in [-0.1, -0.05) is 18.2 Å². The molecule has 0 aliphatic carbocycles. The molecule has 0 saturated heterocycles. The van der Waals surface area contributed by atoms with Crippen LogP contribution in [0.2, 0.25) is 0 Å². The minimum absolute atomic E-state index is 0.105. The summed E-state index contributed by atoms with van der Waals surface area (Å²) in [5.41, 5.74) is 0.361. The predicted octanol–water partition coefficient (Wildman–Crippen LogP) is 2.84. The van der Waals surface area contributed by atoms with Gasteiger partial charge in [-0.3, -0.25) is 9.10 Å². The van der Waals surface area contributed by atoms with Crippen molar-refractivity contribution in [3.8, 4) is 5.75 Å². The largest absolute Gasteiger partial charge is 0.494 e. The van der Waals surface area contributed by atoms with Crippen molar-refractivity contribution in [2.75, 3.05) is 24.1 Å². The van der Waals surface area contributed by atoms with Gasteiger partial charge in [0.05, 0.1) is 23.8 Å². The molecule has 0 bridgehead atoms. The fraction of sp³-hybridized carbons (Fsp3) is 0.278. The molecule has 0 radical (unpaired) electrons. The van der Waals surface area contributed by atoms with Gasteiger partial charge in [-0.2, -0.15) is 0 Å². The zero-order valence-electron chi connectivity index (χ0n) is 14.2. The summed E-state index contributed by atoms with van der Waals surface area (Å²) in [7, 11) is -3.90. The van der Waals surface area contributed by atoms with E-state index >= 15 is 0 Å². The molecule has 2 aromatic rings. The molecule has 2 aromatic carbocycles. The van der Waals surface area contributed by atoms with Crippen molar-refractivity contribution in [1.82, 2.24) is 0 Å². The van der Waals surface area contributed by atoms with E-state index in [4.69, 9.17) is 9.47 Å². The van der Waals surface area contributed by atoms with Crippen LogP contribution in [-0.2, 0) is 19.6 Å². The number of rotatable bonds is 8. The fourth-order valence-corrected chi connectivity index (χ4v) is 3.66. The van der Waals surface area contributed by atoms with Gasteiger partial charge in [-0.05, 0) is 50.2 Å². The summed E-state index contributed by atoms with van der Waals surface area (Å²) >= 11 is 0. The number of ether oxygens (including phenoxy) is 2. The van der Waals surface area contributed by atoms with Gasteiger partial charge in [0.25, 0.3) is 10.0 Å². The van der Waals surface area contributed by atoms with Gasteiger partial charge in [-0.25, -0.2) is 8.42 Å². The van der Waals surface area contributed by atoms with E-state index in [1.165, 1.54) is 12.1 Å². The number of anilines is 1. The van der Waals surface area contributed by atoms with Crippen LogP contribution in [0.25, 0.3) is 0 Å². The van der Waals surface area contributed by atoms with Gasteiger partial charge in [0.1, 0.15) is 12.3 Å². The summed E-state index contributed by atoms with van der Waals surface area (Å²) in [6.07, 6.45) is 0. The van der Waals surface area contributed by atoms with Gasteiger partial charge in [0.2, 0.25) is 0 Å². The van der Waals surface area contributed by atoms with Gasteiger partial charge in [0.15, 0.2) is 0 Å². The molecule has 7 heteroatoms. The average molecular weight is 363 g/mol. The summed E-state index contributed by atoms with van der Waals surface area (Å²) in [6.45, 7) is 3.82. The summed E-state index contributed by atoms with van der Waals surface area (Å²) in [4.78, 5) is 12.0. The second kappa shape index (κ2) is 8.53. The molecule has 0 saturated carbocycles. The molecule has 134 valence electrons. The van der Waals surface area contributed by atoms with Crippen LogP contribution in [0.15, 0.2) is 59.5 Å².